The molecule has 1 aliphatic rings. The number of aryl methyl sites for hydroxylation is 2. The Kier molecular flexibility index (Phi) is 2.33. The summed E-state index contributed by atoms with van der Waals surface area (Å²) in [6.07, 6.45) is 1.03. The molecule has 0 radical (unpaired) electrons. The fourth-order valence-electron chi connectivity index (χ4n) is 2.61. The van der Waals surface area contributed by atoms with Gasteiger partial charge in [0.1, 0.15) is 0 Å². The molecule has 1 aromatic carbocycles. The Morgan fingerprint density at radius 3 is 2.76 bits per heavy atom. The Morgan fingerprint density at radius 1 is 1.29 bits per heavy atom. The van der Waals surface area contributed by atoms with Crippen LogP contribution < -0.4 is 11.0 Å². The van der Waals surface area contributed by atoms with Gasteiger partial charge in [0.15, 0.2) is 0 Å². The quantitative estimate of drug-likeness (QED) is 0.781. The van der Waals surface area contributed by atoms with E-state index in [4.69, 9.17) is 0 Å². The van der Waals surface area contributed by atoms with Gasteiger partial charge in [0.2, 0.25) is 0 Å². The first kappa shape index (κ1) is 10.6. The normalized spacial score (nSPS) is 20.2. The van der Waals surface area contributed by atoms with Crippen molar-refractivity contribution < 1.29 is 0 Å². The van der Waals surface area contributed by atoms with E-state index in [1.165, 1.54) is 11.1 Å². The molecule has 2 N–H and O–H groups in total. The first-order valence-corrected chi connectivity index (χ1v) is 6.09. The predicted octanol–water partition coefficient (Wildman–Crippen LogP) is 1.48. The molecule has 1 aliphatic heterocycles. The summed E-state index contributed by atoms with van der Waals surface area (Å²) in [5.74, 6) is 0. The SMILES string of the molecule is Cc1cc2[nH]c(=O)n(C3CCNC3)c2cc1C. The summed E-state index contributed by atoms with van der Waals surface area (Å²) in [6.45, 7) is 6.04. The van der Waals surface area contributed by atoms with Crippen molar-refractivity contribution in [2.75, 3.05) is 13.1 Å². The molecule has 1 aromatic heterocycles. The van der Waals surface area contributed by atoms with Crippen LogP contribution in [0.25, 0.3) is 11.0 Å². The van der Waals surface area contributed by atoms with Gasteiger partial charge in [-0.1, -0.05) is 0 Å². The first-order chi connectivity index (χ1) is 8.16. The molecule has 0 aliphatic carbocycles. The Balaban J connectivity index is 2.26. The van der Waals surface area contributed by atoms with Gasteiger partial charge in [0.25, 0.3) is 0 Å². The predicted molar refractivity (Wildman–Crippen MR) is 68.6 cm³/mol. The molecule has 0 spiro atoms. The molecule has 17 heavy (non-hydrogen) atoms. The third kappa shape index (κ3) is 1.60. The zero-order valence-electron chi connectivity index (χ0n) is 10.2. The second kappa shape index (κ2) is 3.74. The average Bonchev–Trinajstić information content (AvgIpc) is 2.86. The average molecular weight is 231 g/mol. The zero-order chi connectivity index (χ0) is 12.0. The van der Waals surface area contributed by atoms with E-state index in [2.05, 4.69) is 36.3 Å². The van der Waals surface area contributed by atoms with Gasteiger partial charge in [0, 0.05) is 6.54 Å². The van der Waals surface area contributed by atoms with Gasteiger partial charge in [-0.25, -0.2) is 4.79 Å². The molecule has 0 bridgehead atoms. The van der Waals surface area contributed by atoms with E-state index in [-0.39, 0.29) is 5.69 Å². The number of aromatic amines is 1. The van der Waals surface area contributed by atoms with Crippen LogP contribution in [0.3, 0.4) is 0 Å². The van der Waals surface area contributed by atoms with Crippen molar-refractivity contribution in [3.8, 4) is 0 Å². The molecule has 90 valence electrons. The van der Waals surface area contributed by atoms with Crippen LogP contribution in [-0.4, -0.2) is 22.6 Å². The van der Waals surface area contributed by atoms with E-state index in [0.717, 1.165) is 30.5 Å². The molecule has 0 amide bonds. The van der Waals surface area contributed by atoms with Crippen LogP contribution in [0.1, 0.15) is 23.6 Å². The lowest BCUT2D eigenvalue weighted by Gasteiger charge is -2.11. The fraction of sp³-hybridized carbons (Fsp3) is 0.462. The van der Waals surface area contributed by atoms with Crippen LogP contribution >= 0.6 is 0 Å². The Bertz CT molecular complexity index is 617. The van der Waals surface area contributed by atoms with Gasteiger partial charge in [-0.15, -0.1) is 0 Å². The number of rotatable bonds is 1. The van der Waals surface area contributed by atoms with Crippen molar-refractivity contribution in [1.29, 1.82) is 0 Å². The topological polar surface area (TPSA) is 49.8 Å². The van der Waals surface area contributed by atoms with Crippen LogP contribution in [0.5, 0.6) is 0 Å². The van der Waals surface area contributed by atoms with Crippen molar-refractivity contribution in [3.05, 3.63) is 33.7 Å². The maximum Gasteiger partial charge on any atom is 0.326 e. The van der Waals surface area contributed by atoms with E-state index in [1.807, 2.05) is 4.57 Å². The van der Waals surface area contributed by atoms with E-state index >= 15 is 0 Å². The number of aromatic nitrogens is 2. The summed E-state index contributed by atoms with van der Waals surface area (Å²) >= 11 is 0. The maximum atomic E-state index is 12.0. The fourth-order valence-corrected chi connectivity index (χ4v) is 2.61. The third-order valence-electron chi connectivity index (χ3n) is 3.73. The standard InChI is InChI=1S/C13H17N3O/c1-8-5-11-12(6-9(8)2)16(13(17)15-11)10-3-4-14-7-10/h5-6,10,14H,3-4,7H2,1-2H3,(H,15,17). The lowest BCUT2D eigenvalue weighted by atomic mass is 10.1. The summed E-state index contributed by atoms with van der Waals surface area (Å²) in [6, 6.07) is 4.46. The monoisotopic (exact) mass is 231 g/mol. The molecule has 1 unspecified atom stereocenters. The van der Waals surface area contributed by atoms with Gasteiger partial charge in [-0.3, -0.25) is 4.57 Å². The highest BCUT2D eigenvalue weighted by atomic mass is 16.1. The second-order valence-electron chi connectivity index (χ2n) is 4.90. The summed E-state index contributed by atoms with van der Waals surface area (Å²) in [5.41, 5.74) is 4.45. The van der Waals surface area contributed by atoms with Crippen LogP contribution in [0.4, 0.5) is 0 Å². The van der Waals surface area contributed by atoms with E-state index in [9.17, 15) is 4.79 Å². The van der Waals surface area contributed by atoms with Gasteiger partial charge in [0.05, 0.1) is 17.1 Å². The lowest BCUT2D eigenvalue weighted by Crippen LogP contribution is -2.23. The molecule has 0 saturated carbocycles. The van der Waals surface area contributed by atoms with Crippen molar-refractivity contribution in [1.82, 2.24) is 14.9 Å². The molecular formula is C13H17N3O. The van der Waals surface area contributed by atoms with Gasteiger partial charge in [-0.2, -0.15) is 0 Å². The summed E-state index contributed by atoms with van der Waals surface area (Å²) < 4.78 is 1.90. The molecule has 3 rings (SSSR count). The van der Waals surface area contributed by atoms with Gasteiger partial charge >= 0.3 is 5.69 Å². The lowest BCUT2D eigenvalue weighted by molar-refractivity contribution is 0.546. The Labute approximate surface area is 99.6 Å². The number of nitrogens with one attached hydrogen (secondary N) is 2. The number of fused-ring (bicyclic) bond motifs is 1. The van der Waals surface area contributed by atoms with Gasteiger partial charge < -0.3 is 10.3 Å². The van der Waals surface area contributed by atoms with Crippen molar-refractivity contribution in [2.45, 2.75) is 26.3 Å². The number of benzene rings is 1. The molecule has 1 atom stereocenters. The first-order valence-electron chi connectivity index (χ1n) is 6.09. The minimum absolute atomic E-state index is 0.0127. The van der Waals surface area contributed by atoms with Crippen molar-refractivity contribution in [2.24, 2.45) is 0 Å². The van der Waals surface area contributed by atoms with E-state index in [0.29, 0.717) is 6.04 Å². The number of hydrogen-bond acceptors (Lipinski definition) is 2. The van der Waals surface area contributed by atoms with Gasteiger partial charge in [-0.05, 0) is 50.1 Å². The Morgan fingerprint density at radius 2 is 2.06 bits per heavy atom. The molecular weight excluding hydrogens is 214 g/mol. The number of hydrogen-bond donors (Lipinski definition) is 2. The summed E-state index contributed by atoms with van der Waals surface area (Å²) in [4.78, 5) is 15.0. The highest BCUT2D eigenvalue weighted by Crippen LogP contribution is 2.22. The maximum absolute atomic E-state index is 12.0. The van der Waals surface area contributed by atoms with Crippen molar-refractivity contribution in [3.63, 3.8) is 0 Å². The number of H-pyrrole nitrogens is 1. The smallest absolute Gasteiger partial charge is 0.315 e. The van der Waals surface area contributed by atoms with Crippen molar-refractivity contribution >= 4 is 11.0 Å². The molecule has 1 saturated heterocycles. The van der Waals surface area contributed by atoms with E-state index in [1.54, 1.807) is 0 Å². The Hall–Kier alpha value is -1.55. The molecule has 4 nitrogen and oxygen atoms in total. The summed E-state index contributed by atoms with van der Waals surface area (Å²) in [5, 5.41) is 3.30. The molecule has 1 fully saturated rings. The highest BCUT2D eigenvalue weighted by Gasteiger charge is 2.20. The van der Waals surface area contributed by atoms with Crippen LogP contribution in [0.2, 0.25) is 0 Å². The number of imidazole rings is 1. The van der Waals surface area contributed by atoms with E-state index < -0.39 is 0 Å². The van der Waals surface area contributed by atoms with Crippen LogP contribution in [-0.2, 0) is 0 Å². The minimum atomic E-state index is 0.0127. The molecule has 2 aromatic rings. The second-order valence-corrected chi connectivity index (χ2v) is 4.90. The van der Waals surface area contributed by atoms with Crippen LogP contribution in [0, 0.1) is 13.8 Å². The molecule has 4 heteroatoms. The highest BCUT2D eigenvalue weighted by molar-refractivity contribution is 5.77. The zero-order valence-corrected chi connectivity index (χ0v) is 10.2. The molecule has 2 heterocycles. The largest absolute Gasteiger partial charge is 0.326 e. The van der Waals surface area contributed by atoms with Crippen LogP contribution in [0.15, 0.2) is 16.9 Å². The number of nitrogens with zero attached hydrogens (tertiary/aromatic N) is 1. The third-order valence-corrected chi connectivity index (χ3v) is 3.73. The summed E-state index contributed by atoms with van der Waals surface area (Å²) in [7, 11) is 0. The minimum Gasteiger partial charge on any atom is -0.315 e.